The van der Waals surface area contributed by atoms with Crippen molar-refractivity contribution in [1.29, 1.82) is 0 Å². The Morgan fingerprint density at radius 3 is 2.89 bits per heavy atom. The number of para-hydroxylation sites is 1. The van der Waals surface area contributed by atoms with E-state index in [1.54, 1.807) is 13.3 Å². The summed E-state index contributed by atoms with van der Waals surface area (Å²) in [6.07, 6.45) is 3.99. The summed E-state index contributed by atoms with van der Waals surface area (Å²) in [5, 5.41) is 16.6. The molecule has 0 amide bonds. The van der Waals surface area contributed by atoms with E-state index in [-0.39, 0.29) is 11.9 Å². The molecular weight excluding hydrogens is 360 g/mol. The van der Waals surface area contributed by atoms with Crippen LogP contribution in [0.1, 0.15) is 25.3 Å². The van der Waals surface area contributed by atoms with E-state index in [2.05, 4.69) is 5.32 Å². The number of hydrogen-bond acceptors (Lipinski definition) is 6. The van der Waals surface area contributed by atoms with Gasteiger partial charge in [0.25, 0.3) is 0 Å². The van der Waals surface area contributed by atoms with Crippen LogP contribution in [0.3, 0.4) is 0 Å². The van der Waals surface area contributed by atoms with Crippen LogP contribution < -0.4 is 5.32 Å². The molecule has 1 saturated carbocycles. The Morgan fingerprint density at radius 2 is 2.18 bits per heavy atom. The molecular formula is C21H24N2O5. The van der Waals surface area contributed by atoms with Crippen LogP contribution in [0.2, 0.25) is 0 Å². The molecule has 3 heterocycles. The van der Waals surface area contributed by atoms with Crippen molar-refractivity contribution >= 4 is 17.9 Å². The van der Waals surface area contributed by atoms with Crippen LogP contribution in [0.25, 0.3) is 0 Å². The molecule has 7 heteroatoms. The third-order valence-electron chi connectivity index (χ3n) is 7.14. The fraction of sp³-hybridized carbons (Fsp3) is 0.524. The van der Waals surface area contributed by atoms with Crippen LogP contribution >= 0.6 is 0 Å². The third-order valence-corrected chi connectivity index (χ3v) is 7.14. The van der Waals surface area contributed by atoms with Crippen LogP contribution in [-0.2, 0) is 24.4 Å². The number of hydrogen-bond donors (Lipinski definition) is 1. The lowest BCUT2D eigenvalue weighted by Crippen LogP contribution is -2.71. The molecule has 3 aliphatic heterocycles. The third kappa shape index (κ3) is 1.86. The monoisotopic (exact) mass is 384 g/mol. The lowest BCUT2D eigenvalue weighted by Gasteiger charge is -2.53. The van der Waals surface area contributed by atoms with Crippen molar-refractivity contribution in [3.05, 3.63) is 46.7 Å². The second kappa shape index (κ2) is 5.81. The van der Waals surface area contributed by atoms with Gasteiger partial charge in [0.1, 0.15) is 0 Å². The van der Waals surface area contributed by atoms with E-state index in [0.29, 0.717) is 12.8 Å². The van der Waals surface area contributed by atoms with Crippen LogP contribution in [-0.4, -0.2) is 49.2 Å². The van der Waals surface area contributed by atoms with E-state index >= 15 is 0 Å². The van der Waals surface area contributed by atoms with Crippen molar-refractivity contribution in [1.82, 2.24) is 0 Å². The first-order chi connectivity index (χ1) is 13.5. The number of anilines is 1. The molecule has 1 saturated heterocycles. The summed E-state index contributed by atoms with van der Waals surface area (Å²) < 4.78 is 18.3. The fourth-order valence-electron chi connectivity index (χ4n) is 6.13. The molecule has 7 nitrogen and oxygen atoms in total. The molecule has 0 radical (unpaired) electrons. The van der Waals surface area contributed by atoms with Gasteiger partial charge in [-0.05, 0) is 18.6 Å². The summed E-state index contributed by atoms with van der Waals surface area (Å²) in [5.74, 6) is -0.882. The summed E-state index contributed by atoms with van der Waals surface area (Å²) in [6, 6.07) is 7.42. The highest BCUT2D eigenvalue weighted by molar-refractivity contribution is 5.85. The molecule has 1 aromatic carbocycles. The van der Waals surface area contributed by atoms with Gasteiger partial charge in [0.05, 0.1) is 18.4 Å². The van der Waals surface area contributed by atoms with Gasteiger partial charge in [0, 0.05) is 37.1 Å². The minimum Gasteiger partial charge on any atom is -0.623 e. The molecule has 1 N–H and O–H groups in total. The second-order valence-corrected chi connectivity index (χ2v) is 8.00. The summed E-state index contributed by atoms with van der Waals surface area (Å²) in [4.78, 5) is 13.2. The molecule has 5 unspecified atom stereocenters. The van der Waals surface area contributed by atoms with E-state index in [1.807, 2.05) is 37.3 Å². The predicted molar refractivity (Wildman–Crippen MR) is 102 cm³/mol. The zero-order chi connectivity index (χ0) is 19.7. The van der Waals surface area contributed by atoms with Crippen molar-refractivity contribution in [2.45, 2.75) is 43.2 Å². The van der Waals surface area contributed by atoms with Gasteiger partial charge in [0.2, 0.25) is 11.8 Å². The molecule has 1 aromatic rings. The first kappa shape index (κ1) is 17.7. The Bertz CT molecular complexity index is 912. The highest BCUT2D eigenvalue weighted by atomic mass is 16.7. The largest absolute Gasteiger partial charge is 0.623 e. The van der Waals surface area contributed by atoms with Gasteiger partial charge in [-0.3, -0.25) is 4.79 Å². The Kier molecular flexibility index (Phi) is 3.67. The number of hydroxylamine groups is 1. The lowest BCUT2D eigenvalue weighted by molar-refractivity contribution is -0.536. The van der Waals surface area contributed by atoms with Gasteiger partial charge in [-0.25, -0.2) is 4.74 Å². The summed E-state index contributed by atoms with van der Waals surface area (Å²) >= 11 is 0. The number of methoxy groups -OCH3 is 2. The van der Waals surface area contributed by atoms with Crippen molar-refractivity contribution in [2.75, 3.05) is 19.5 Å². The Hall–Kier alpha value is -2.38. The quantitative estimate of drug-likeness (QED) is 0.478. The van der Waals surface area contributed by atoms with Crippen molar-refractivity contribution in [2.24, 2.45) is 11.8 Å². The zero-order valence-electron chi connectivity index (χ0n) is 16.2. The van der Waals surface area contributed by atoms with Crippen molar-refractivity contribution < 1.29 is 23.7 Å². The van der Waals surface area contributed by atoms with E-state index in [9.17, 15) is 10.0 Å². The van der Waals surface area contributed by atoms with Crippen LogP contribution in [0.5, 0.6) is 0 Å². The number of fused-ring (bicyclic) bond motifs is 3. The van der Waals surface area contributed by atoms with Crippen LogP contribution in [0.15, 0.2) is 35.9 Å². The highest BCUT2D eigenvalue weighted by Gasteiger charge is 2.79. The Morgan fingerprint density at radius 1 is 1.39 bits per heavy atom. The SMILES string of the molecule is C/C=C1\C=[N+]([O-])C2CC1C(C(=O)OC)C13C[C@@H](OC)OC21Nc1ccccc13. The van der Waals surface area contributed by atoms with Crippen molar-refractivity contribution in [3.63, 3.8) is 0 Å². The molecule has 6 atom stereocenters. The smallest absolute Gasteiger partial charge is 0.310 e. The fourth-order valence-corrected chi connectivity index (χ4v) is 6.13. The van der Waals surface area contributed by atoms with Crippen LogP contribution in [0.4, 0.5) is 5.69 Å². The van der Waals surface area contributed by atoms with Crippen LogP contribution in [0, 0.1) is 17.0 Å². The molecule has 28 heavy (non-hydrogen) atoms. The Balaban J connectivity index is 1.84. The first-order valence-electron chi connectivity index (χ1n) is 9.65. The average molecular weight is 384 g/mol. The average Bonchev–Trinajstić information content (AvgIpc) is 3.19. The number of nitrogens with one attached hydrogen (secondary N) is 1. The summed E-state index contributed by atoms with van der Waals surface area (Å²) in [5.41, 5.74) is 0.953. The van der Waals surface area contributed by atoms with Gasteiger partial charge in [-0.2, -0.15) is 0 Å². The minimum atomic E-state index is -1.05. The maximum atomic E-state index is 13.2. The van der Waals surface area contributed by atoms with Gasteiger partial charge in [-0.15, -0.1) is 0 Å². The number of allylic oxidation sites excluding steroid dienone is 2. The van der Waals surface area contributed by atoms with Crippen molar-refractivity contribution in [3.8, 4) is 0 Å². The molecule has 2 bridgehead atoms. The van der Waals surface area contributed by atoms with Gasteiger partial charge in [0.15, 0.2) is 12.5 Å². The maximum Gasteiger partial charge on any atom is 0.310 e. The highest BCUT2D eigenvalue weighted by Crippen LogP contribution is 2.67. The molecule has 1 aliphatic carbocycles. The zero-order valence-corrected chi connectivity index (χ0v) is 16.2. The number of carbonyl (C=O) groups excluding carboxylic acids is 1. The van der Waals surface area contributed by atoms with E-state index < -0.39 is 29.4 Å². The standard InChI is InChI=1S/C21H24N2O5/c1-4-12-11-23(25)16-9-13(12)18(19(24)27-3)20-10-17(26-2)28-21(16,20)22-15-8-6-5-7-14(15)20/h4-8,11,13,16-18,22H,9-10H2,1-3H3/b12-4+/t13?,16?,17-,18?,20?,21?/m0/s1. The number of nitrogens with zero attached hydrogens (tertiary/aromatic N) is 1. The molecule has 4 aliphatic rings. The minimum absolute atomic E-state index is 0.118. The number of esters is 1. The summed E-state index contributed by atoms with van der Waals surface area (Å²) in [6.45, 7) is 1.90. The molecule has 0 aromatic heterocycles. The molecule has 2 fully saturated rings. The molecule has 148 valence electrons. The van der Waals surface area contributed by atoms with Gasteiger partial charge in [-0.1, -0.05) is 24.3 Å². The normalized spacial score (nSPS) is 41.5. The second-order valence-electron chi connectivity index (χ2n) is 8.00. The summed E-state index contributed by atoms with van der Waals surface area (Å²) in [7, 11) is 3.01. The predicted octanol–water partition coefficient (Wildman–Crippen LogP) is 2.16. The topological polar surface area (TPSA) is 82.9 Å². The maximum absolute atomic E-state index is 13.2. The van der Waals surface area contributed by atoms with E-state index in [0.717, 1.165) is 21.6 Å². The number of rotatable bonds is 2. The molecule has 0 spiro atoms. The van der Waals surface area contributed by atoms with Gasteiger partial charge < -0.3 is 24.7 Å². The van der Waals surface area contributed by atoms with Gasteiger partial charge >= 0.3 is 5.97 Å². The molecule has 5 rings (SSSR count). The number of ether oxygens (including phenoxy) is 3. The van der Waals surface area contributed by atoms with E-state index in [4.69, 9.17) is 14.2 Å². The lowest BCUT2D eigenvalue weighted by atomic mass is 9.52. The van der Waals surface area contributed by atoms with E-state index in [1.165, 1.54) is 7.11 Å². The Labute approximate surface area is 163 Å². The first-order valence-corrected chi connectivity index (χ1v) is 9.65. The number of benzene rings is 1. The number of carbonyl (C=O) groups is 1.